The van der Waals surface area contributed by atoms with Gasteiger partial charge in [-0.2, -0.15) is 0 Å². The number of benzene rings is 2. The van der Waals surface area contributed by atoms with Gasteiger partial charge in [0.05, 0.1) is 17.7 Å². The predicted molar refractivity (Wildman–Crippen MR) is 89.4 cm³/mol. The summed E-state index contributed by atoms with van der Waals surface area (Å²) in [6.07, 6.45) is 0. The zero-order chi connectivity index (χ0) is 17.4. The Labute approximate surface area is 141 Å². The zero-order valence-electron chi connectivity index (χ0n) is 13.8. The third-order valence-electron chi connectivity index (χ3n) is 3.22. The molecule has 0 aliphatic rings. The van der Waals surface area contributed by atoms with Crippen molar-refractivity contribution in [2.45, 2.75) is 13.8 Å². The van der Waals surface area contributed by atoms with Gasteiger partial charge in [0, 0.05) is 6.61 Å². The van der Waals surface area contributed by atoms with E-state index in [-0.39, 0.29) is 6.61 Å². The summed E-state index contributed by atoms with van der Waals surface area (Å²) in [5, 5.41) is 0. The average Bonchev–Trinajstić information content (AvgIpc) is 2.59. The summed E-state index contributed by atoms with van der Waals surface area (Å²) < 4.78 is 15.5. The van der Waals surface area contributed by atoms with Crippen molar-refractivity contribution in [2.75, 3.05) is 19.8 Å². The Balaban J connectivity index is 1.92. The van der Waals surface area contributed by atoms with Crippen molar-refractivity contribution in [3.8, 4) is 5.75 Å². The van der Waals surface area contributed by atoms with E-state index in [1.807, 2.05) is 19.9 Å². The highest BCUT2D eigenvalue weighted by atomic mass is 16.6. The van der Waals surface area contributed by atoms with Crippen molar-refractivity contribution in [3.05, 3.63) is 65.2 Å². The molecule has 0 saturated heterocycles. The standard InChI is InChI=1S/C19H20O5/c1-3-22-11-12-23-18(20)15-7-9-17(10-8-15)24-19(21)16-6-4-5-14(2)13-16/h4-10,13H,3,11-12H2,1-2H3. The number of carbonyl (C=O) groups is 2. The Morgan fingerprint density at radius 3 is 2.33 bits per heavy atom. The summed E-state index contributed by atoms with van der Waals surface area (Å²) in [5.41, 5.74) is 1.85. The van der Waals surface area contributed by atoms with E-state index in [1.54, 1.807) is 42.5 Å². The highest BCUT2D eigenvalue weighted by Crippen LogP contribution is 2.15. The summed E-state index contributed by atoms with van der Waals surface area (Å²) in [6.45, 7) is 4.94. The van der Waals surface area contributed by atoms with E-state index in [2.05, 4.69) is 0 Å². The summed E-state index contributed by atoms with van der Waals surface area (Å²) >= 11 is 0. The van der Waals surface area contributed by atoms with Crippen molar-refractivity contribution in [1.29, 1.82) is 0 Å². The van der Waals surface area contributed by atoms with Crippen LogP contribution in [0.5, 0.6) is 5.75 Å². The number of esters is 2. The van der Waals surface area contributed by atoms with Gasteiger partial charge in [-0.1, -0.05) is 17.7 Å². The van der Waals surface area contributed by atoms with Gasteiger partial charge in [0.25, 0.3) is 0 Å². The van der Waals surface area contributed by atoms with Gasteiger partial charge >= 0.3 is 11.9 Å². The van der Waals surface area contributed by atoms with Crippen LogP contribution in [-0.4, -0.2) is 31.8 Å². The Hall–Kier alpha value is -2.66. The van der Waals surface area contributed by atoms with Crippen molar-refractivity contribution in [1.82, 2.24) is 0 Å². The van der Waals surface area contributed by atoms with Crippen molar-refractivity contribution in [2.24, 2.45) is 0 Å². The molecule has 5 heteroatoms. The summed E-state index contributed by atoms with van der Waals surface area (Å²) in [5.74, 6) is -0.510. The first-order chi connectivity index (χ1) is 11.6. The van der Waals surface area contributed by atoms with Gasteiger partial charge in [0.1, 0.15) is 12.4 Å². The van der Waals surface area contributed by atoms with E-state index in [0.29, 0.717) is 30.1 Å². The van der Waals surface area contributed by atoms with Crippen LogP contribution in [0.4, 0.5) is 0 Å². The second-order valence-corrected chi connectivity index (χ2v) is 5.12. The van der Waals surface area contributed by atoms with Crippen LogP contribution in [0, 0.1) is 6.92 Å². The van der Waals surface area contributed by atoms with Crippen LogP contribution in [0.3, 0.4) is 0 Å². The first-order valence-electron chi connectivity index (χ1n) is 7.74. The SMILES string of the molecule is CCOCCOC(=O)c1ccc(OC(=O)c2cccc(C)c2)cc1. The molecule has 0 bridgehead atoms. The van der Waals surface area contributed by atoms with Gasteiger partial charge in [0.2, 0.25) is 0 Å². The van der Waals surface area contributed by atoms with Crippen LogP contribution in [0.25, 0.3) is 0 Å². The smallest absolute Gasteiger partial charge is 0.343 e. The molecule has 0 heterocycles. The molecule has 0 N–H and O–H groups in total. The topological polar surface area (TPSA) is 61.8 Å². The molecule has 5 nitrogen and oxygen atoms in total. The monoisotopic (exact) mass is 328 g/mol. The Morgan fingerprint density at radius 2 is 1.67 bits per heavy atom. The van der Waals surface area contributed by atoms with Gasteiger partial charge in [-0.15, -0.1) is 0 Å². The Kier molecular flexibility index (Phi) is 6.51. The number of aryl methyl sites for hydroxylation is 1. The molecule has 2 rings (SSSR count). The first-order valence-corrected chi connectivity index (χ1v) is 7.74. The van der Waals surface area contributed by atoms with Gasteiger partial charge in [-0.3, -0.25) is 0 Å². The summed E-state index contributed by atoms with van der Waals surface area (Å²) in [7, 11) is 0. The van der Waals surface area contributed by atoms with Crippen molar-refractivity contribution >= 4 is 11.9 Å². The molecule has 0 aliphatic heterocycles. The molecule has 126 valence electrons. The molecule has 0 atom stereocenters. The molecule has 0 aromatic heterocycles. The van der Waals surface area contributed by atoms with E-state index in [0.717, 1.165) is 5.56 Å². The van der Waals surface area contributed by atoms with Crippen LogP contribution in [0.15, 0.2) is 48.5 Å². The second kappa shape index (κ2) is 8.84. The maximum Gasteiger partial charge on any atom is 0.343 e. The van der Waals surface area contributed by atoms with Crippen molar-refractivity contribution in [3.63, 3.8) is 0 Å². The van der Waals surface area contributed by atoms with E-state index in [9.17, 15) is 9.59 Å². The largest absolute Gasteiger partial charge is 0.460 e. The summed E-state index contributed by atoms with van der Waals surface area (Å²) in [6, 6.07) is 13.4. The number of ether oxygens (including phenoxy) is 3. The van der Waals surface area contributed by atoms with Gasteiger partial charge < -0.3 is 14.2 Å². The fourth-order valence-corrected chi connectivity index (χ4v) is 2.02. The molecule has 2 aromatic rings. The molecule has 0 amide bonds. The molecule has 0 saturated carbocycles. The van der Waals surface area contributed by atoms with Gasteiger partial charge in [0.15, 0.2) is 0 Å². The molecule has 0 unspecified atom stereocenters. The van der Waals surface area contributed by atoms with Crippen molar-refractivity contribution < 1.29 is 23.8 Å². The highest BCUT2D eigenvalue weighted by molar-refractivity contribution is 5.92. The quantitative estimate of drug-likeness (QED) is 0.443. The van der Waals surface area contributed by atoms with Crippen LogP contribution in [0.1, 0.15) is 33.2 Å². The molecular formula is C19H20O5. The molecular weight excluding hydrogens is 308 g/mol. The molecule has 24 heavy (non-hydrogen) atoms. The van der Waals surface area contributed by atoms with Crippen LogP contribution in [0.2, 0.25) is 0 Å². The van der Waals surface area contributed by atoms with Gasteiger partial charge in [-0.25, -0.2) is 9.59 Å². The minimum absolute atomic E-state index is 0.205. The van der Waals surface area contributed by atoms with Crippen LogP contribution < -0.4 is 4.74 Å². The Morgan fingerprint density at radius 1 is 0.917 bits per heavy atom. The van der Waals surface area contributed by atoms with E-state index >= 15 is 0 Å². The van der Waals surface area contributed by atoms with E-state index in [4.69, 9.17) is 14.2 Å². The normalized spacial score (nSPS) is 10.2. The van der Waals surface area contributed by atoms with E-state index < -0.39 is 11.9 Å². The number of hydrogen-bond acceptors (Lipinski definition) is 5. The number of rotatable bonds is 7. The lowest BCUT2D eigenvalue weighted by Crippen LogP contribution is -2.11. The first kappa shape index (κ1) is 17.7. The Bertz CT molecular complexity index is 691. The third-order valence-corrected chi connectivity index (χ3v) is 3.22. The minimum atomic E-state index is -0.439. The van der Waals surface area contributed by atoms with E-state index in [1.165, 1.54) is 0 Å². The molecule has 0 aliphatic carbocycles. The van der Waals surface area contributed by atoms with Crippen LogP contribution in [-0.2, 0) is 9.47 Å². The third kappa shape index (κ3) is 5.21. The zero-order valence-corrected chi connectivity index (χ0v) is 13.8. The lowest BCUT2D eigenvalue weighted by Gasteiger charge is -2.07. The predicted octanol–water partition coefficient (Wildman–Crippen LogP) is 3.41. The minimum Gasteiger partial charge on any atom is -0.460 e. The fraction of sp³-hybridized carbons (Fsp3) is 0.263. The number of hydrogen-bond donors (Lipinski definition) is 0. The maximum absolute atomic E-state index is 12.1. The average molecular weight is 328 g/mol. The van der Waals surface area contributed by atoms with Crippen LogP contribution >= 0.6 is 0 Å². The lowest BCUT2D eigenvalue weighted by molar-refractivity contribution is 0.0335. The fourth-order valence-electron chi connectivity index (χ4n) is 2.02. The van der Waals surface area contributed by atoms with Gasteiger partial charge in [-0.05, 0) is 50.2 Å². The summed E-state index contributed by atoms with van der Waals surface area (Å²) in [4.78, 5) is 23.9. The highest BCUT2D eigenvalue weighted by Gasteiger charge is 2.11. The lowest BCUT2D eigenvalue weighted by atomic mass is 10.1. The molecule has 0 spiro atoms. The number of carbonyl (C=O) groups excluding carboxylic acids is 2. The second-order valence-electron chi connectivity index (χ2n) is 5.12. The molecule has 0 radical (unpaired) electrons. The maximum atomic E-state index is 12.1. The molecule has 0 fully saturated rings. The molecule has 2 aromatic carbocycles.